The lowest BCUT2D eigenvalue weighted by Gasteiger charge is -2.31. The van der Waals surface area contributed by atoms with Crippen molar-refractivity contribution >= 4 is 0 Å². The summed E-state index contributed by atoms with van der Waals surface area (Å²) < 4.78 is 5.88. The van der Waals surface area contributed by atoms with Crippen molar-refractivity contribution in [2.24, 2.45) is 0 Å². The minimum atomic E-state index is 0.145. The second kappa shape index (κ2) is 6.03. The Kier molecular flexibility index (Phi) is 4.29. The van der Waals surface area contributed by atoms with Gasteiger partial charge in [0.05, 0.1) is 17.9 Å². The molecule has 116 valence electrons. The van der Waals surface area contributed by atoms with E-state index < -0.39 is 0 Å². The van der Waals surface area contributed by atoms with Gasteiger partial charge < -0.3 is 10.1 Å². The summed E-state index contributed by atoms with van der Waals surface area (Å²) in [6.45, 7) is 10.5. The van der Waals surface area contributed by atoms with Gasteiger partial charge in [-0.05, 0) is 45.2 Å². The zero-order valence-electron chi connectivity index (χ0n) is 13.4. The van der Waals surface area contributed by atoms with Crippen LogP contribution in [-0.2, 0) is 17.8 Å². The molecule has 2 aliphatic heterocycles. The number of hydrogen-bond donors (Lipinski definition) is 1. The van der Waals surface area contributed by atoms with Crippen molar-refractivity contribution in [2.45, 2.75) is 64.4 Å². The van der Waals surface area contributed by atoms with E-state index in [1.165, 1.54) is 18.4 Å². The molecule has 1 aromatic heterocycles. The number of morpholine rings is 1. The summed E-state index contributed by atoms with van der Waals surface area (Å²) in [5.74, 6) is 0. The molecule has 0 amide bonds. The van der Waals surface area contributed by atoms with Gasteiger partial charge in [0.25, 0.3) is 0 Å². The highest BCUT2D eigenvalue weighted by Gasteiger charge is 2.33. The van der Waals surface area contributed by atoms with Crippen LogP contribution in [0.3, 0.4) is 0 Å². The van der Waals surface area contributed by atoms with Gasteiger partial charge in [-0.15, -0.1) is 0 Å². The molecule has 2 atom stereocenters. The molecule has 2 aliphatic rings. The average molecular weight is 289 g/mol. The van der Waals surface area contributed by atoms with Crippen LogP contribution in [0.2, 0.25) is 0 Å². The fourth-order valence-electron chi connectivity index (χ4n) is 3.08. The molecule has 0 radical (unpaired) electrons. The Balaban J connectivity index is 1.52. The predicted molar refractivity (Wildman–Crippen MR) is 84.0 cm³/mol. The number of ether oxygens (including phenoxy) is 1. The molecule has 0 aliphatic carbocycles. The summed E-state index contributed by atoms with van der Waals surface area (Å²) in [6.07, 6.45) is 5.37. The maximum absolute atomic E-state index is 5.88. The van der Waals surface area contributed by atoms with Crippen LogP contribution in [0, 0.1) is 0 Å². The topological polar surface area (TPSA) is 37.4 Å². The molecule has 2 fully saturated rings. The molecular weight excluding hydrogens is 262 g/mol. The van der Waals surface area contributed by atoms with Crippen LogP contribution >= 0.6 is 0 Å². The number of hydrogen-bond acceptors (Lipinski definition) is 4. The first-order valence-corrected chi connectivity index (χ1v) is 8.04. The molecule has 2 saturated heterocycles. The molecule has 0 aromatic carbocycles. The summed E-state index contributed by atoms with van der Waals surface area (Å²) in [4.78, 5) is 7.11. The minimum absolute atomic E-state index is 0.145. The number of aromatic nitrogens is 1. The fraction of sp³-hybridized carbons (Fsp3) is 0.706. The van der Waals surface area contributed by atoms with E-state index in [1.54, 1.807) is 0 Å². The minimum Gasteiger partial charge on any atom is -0.372 e. The number of fused-ring (bicyclic) bond motifs is 2. The van der Waals surface area contributed by atoms with Crippen LogP contribution < -0.4 is 5.32 Å². The van der Waals surface area contributed by atoms with Crippen molar-refractivity contribution < 1.29 is 4.74 Å². The highest BCUT2D eigenvalue weighted by molar-refractivity contribution is 5.14. The Labute approximate surface area is 127 Å². The third-order valence-corrected chi connectivity index (χ3v) is 4.21. The molecule has 3 heterocycles. The number of likely N-dealkylation sites (tertiary alicyclic amines) is 1. The first kappa shape index (κ1) is 14.9. The molecule has 21 heavy (non-hydrogen) atoms. The van der Waals surface area contributed by atoms with E-state index in [1.807, 2.05) is 6.20 Å². The summed E-state index contributed by atoms with van der Waals surface area (Å²) >= 11 is 0. The van der Waals surface area contributed by atoms with Crippen LogP contribution in [0.25, 0.3) is 0 Å². The van der Waals surface area contributed by atoms with Crippen LogP contribution in [-0.4, -0.2) is 40.7 Å². The molecule has 2 unspecified atom stereocenters. The van der Waals surface area contributed by atoms with Crippen molar-refractivity contribution in [3.05, 3.63) is 29.6 Å². The number of rotatable bonds is 4. The van der Waals surface area contributed by atoms with E-state index in [-0.39, 0.29) is 5.54 Å². The SMILES string of the molecule is CC(C)(C)NCc1ccc(CN2CC3CCC(C2)O3)nc1. The summed E-state index contributed by atoms with van der Waals surface area (Å²) in [7, 11) is 0. The molecular formula is C17H27N3O. The number of pyridine rings is 1. The molecule has 4 heteroatoms. The Bertz CT molecular complexity index is 454. The van der Waals surface area contributed by atoms with Gasteiger partial charge in [-0.2, -0.15) is 0 Å². The van der Waals surface area contributed by atoms with E-state index >= 15 is 0 Å². The van der Waals surface area contributed by atoms with Gasteiger partial charge in [-0.3, -0.25) is 9.88 Å². The fourth-order valence-corrected chi connectivity index (χ4v) is 3.08. The third-order valence-electron chi connectivity index (χ3n) is 4.21. The Morgan fingerprint density at radius 3 is 2.52 bits per heavy atom. The quantitative estimate of drug-likeness (QED) is 0.923. The highest BCUT2D eigenvalue weighted by atomic mass is 16.5. The van der Waals surface area contributed by atoms with Crippen molar-refractivity contribution in [2.75, 3.05) is 13.1 Å². The first-order valence-electron chi connectivity index (χ1n) is 8.04. The van der Waals surface area contributed by atoms with Crippen LogP contribution in [0.1, 0.15) is 44.9 Å². The van der Waals surface area contributed by atoms with Crippen molar-refractivity contribution in [3.63, 3.8) is 0 Å². The van der Waals surface area contributed by atoms with Crippen LogP contribution in [0.15, 0.2) is 18.3 Å². The molecule has 0 saturated carbocycles. The van der Waals surface area contributed by atoms with E-state index in [0.717, 1.165) is 31.9 Å². The van der Waals surface area contributed by atoms with Gasteiger partial charge in [0.2, 0.25) is 0 Å². The zero-order valence-corrected chi connectivity index (χ0v) is 13.4. The lowest BCUT2D eigenvalue weighted by molar-refractivity contribution is -0.0413. The number of nitrogens with one attached hydrogen (secondary N) is 1. The predicted octanol–water partition coefficient (Wildman–Crippen LogP) is 2.33. The highest BCUT2D eigenvalue weighted by Crippen LogP contribution is 2.26. The number of nitrogens with zero attached hydrogens (tertiary/aromatic N) is 2. The maximum Gasteiger partial charge on any atom is 0.0707 e. The molecule has 1 N–H and O–H groups in total. The van der Waals surface area contributed by atoms with Crippen LogP contribution in [0.4, 0.5) is 0 Å². The summed E-state index contributed by atoms with van der Waals surface area (Å²) in [6, 6.07) is 4.35. The third kappa shape index (κ3) is 4.25. The summed E-state index contributed by atoms with van der Waals surface area (Å²) in [5.41, 5.74) is 2.55. The largest absolute Gasteiger partial charge is 0.372 e. The Morgan fingerprint density at radius 2 is 1.95 bits per heavy atom. The lowest BCUT2D eigenvalue weighted by Crippen LogP contribution is -2.42. The second-order valence-corrected chi connectivity index (χ2v) is 7.41. The monoisotopic (exact) mass is 289 g/mol. The van der Waals surface area contributed by atoms with Crippen molar-refractivity contribution in [1.82, 2.24) is 15.2 Å². The smallest absolute Gasteiger partial charge is 0.0707 e. The van der Waals surface area contributed by atoms with Crippen molar-refractivity contribution in [1.29, 1.82) is 0 Å². The van der Waals surface area contributed by atoms with E-state index in [2.05, 4.69) is 48.1 Å². The van der Waals surface area contributed by atoms with Gasteiger partial charge >= 0.3 is 0 Å². The second-order valence-electron chi connectivity index (χ2n) is 7.41. The molecule has 0 spiro atoms. The van der Waals surface area contributed by atoms with Gasteiger partial charge in [-0.25, -0.2) is 0 Å². The van der Waals surface area contributed by atoms with E-state index in [9.17, 15) is 0 Å². The Hall–Kier alpha value is -0.970. The summed E-state index contributed by atoms with van der Waals surface area (Å²) in [5, 5.41) is 3.49. The normalized spacial score (nSPS) is 26.2. The first-order chi connectivity index (χ1) is 9.98. The van der Waals surface area contributed by atoms with Gasteiger partial charge in [0.1, 0.15) is 0 Å². The molecule has 2 bridgehead atoms. The zero-order chi connectivity index (χ0) is 14.9. The van der Waals surface area contributed by atoms with Crippen molar-refractivity contribution in [3.8, 4) is 0 Å². The van der Waals surface area contributed by atoms with Gasteiger partial charge in [-0.1, -0.05) is 6.07 Å². The molecule has 3 rings (SSSR count). The average Bonchev–Trinajstić information content (AvgIpc) is 2.76. The van der Waals surface area contributed by atoms with Gasteiger partial charge in [0, 0.05) is 37.9 Å². The van der Waals surface area contributed by atoms with E-state index in [0.29, 0.717) is 12.2 Å². The van der Waals surface area contributed by atoms with Gasteiger partial charge in [0.15, 0.2) is 0 Å². The standard InChI is InChI=1S/C17H27N3O/c1-17(2,3)19-9-13-4-5-14(18-8-13)10-20-11-15-6-7-16(12-20)21-15/h4-5,8,15-16,19H,6-7,9-12H2,1-3H3. The molecule has 1 aromatic rings. The molecule has 4 nitrogen and oxygen atoms in total. The lowest BCUT2D eigenvalue weighted by atomic mass is 10.1. The maximum atomic E-state index is 5.88. The Morgan fingerprint density at radius 1 is 1.24 bits per heavy atom. The van der Waals surface area contributed by atoms with E-state index in [4.69, 9.17) is 4.74 Å². The van der Waals surface area contributed by atoms with Crippen LogP contribution in [0.5, 0.6) is 0 Å².